The molecule has 0 aliphatic rings. The van der Waals surface area contributed by atoms with Crippen molar-refractivity contribution in [1.29, 1.82) is 0 Å². The molecule has 2 atom stereocenters. The van der Waals surface area contributed by atoms with Gasteiger partial charge in [-0.25, -0.2) is 0 Å². The Morgan fingerprint density at radius 2 is 1.78 bits per heavy atom. The van der Waals surface area contributed by atoms with Gasteiger partial charge in [-0.3, -0.25) is 0 Å². The van der Waals surface area contributed by atoms with E-state index in [2.05, 4.69) is 13.5 Å². The van der Waals surface area contributed by atoms with Crippen molar-refractivity contribution in [3.8, 4) is 5.75 Å². The lowest BCUT2D eigenvalue weighted by Gasteiger charge is -2.33. The molecule has 0 saturated carbocycles. The number of aliphatic hydroxyl groups is 1. The van der Waals surface area contributed by atoms with Crippen LogP contribution in [-0.4, -0.2) is 16.3 Å². The number of phenols is 1. The summed E-state index contributed by atoms with van der Waals surface area (Å²) in [6.45, 7) is 11.9. The first kappa shape index (κ1) is 14.5. The summed E-state index contributed by atoms with van der Waals surface area (Å²) in [5, 5.41) is 18.9. The van der Waals surface area contributed by atoms with Gasteiger partial charge in [0.2, 0.25) is 0 Å². The van der Waals surface area contributed by atoms with Crippen LogP contribution in [0.5, 0.6) is 5.75 Å². The second-order valence-electron chi connectivity index (χ2n) is 5.04. The SMILES string of the molecule is C=C(C)C(C)(/C(C)=C/C(C)O)c1ccc(O)cc1. The molecule has 0 heterocycles. The third-order valence-electron chi connectivity index (χ3n) is 3.58. The highest BCUT2D eigenvalue weighted by molar-refractivity contribution is 5.45. The van der Waals surface area contributed by atoms with Gasteiger partial charge in [0.25, 0.3) is 0 Å². The summed E-state index contributed by atoms with van der Waals surface area (Å²) in [6, 6.07) is 7.13. The highest BCUT2D eigenvalue weighted by Gasteiger charge is 2.29. The van der Waals surface area contributed by atoms with E-state index in [0.717, 1.165) is 16.7 Å². The van der Waals surface area contributed by atoms with Gasteiger partial charge in [0.15, 0.2) is 0 Å². The van der Waals surface area contributed by atoms with Crippen LogP contribution in [0.4, 0.5) is 0 Å². The van der Waals surface area contributed by atoms with Crippen molar-refractivity contribution in [3.05, 3.63) is 53.6 Å². The number of aromatic hydroxyl groups is 1. The van der Waals surface area contributed by atoms with E-state index in [1.54, 1.807) is 19.1 Å². The van der Waals surface area contributed by atoms with Crippen LogP contribution in [0.25, 0.3) is 0 Å². The molecule has 0 bridgehead atoms. The summed E-state index contributed by atoms with van der Waals surface area (Å²) in [4.78, 5) is 0. The van der Waals surface area contributed by atoms with E-state index >= 15 is 0 Å². The molecule has 1 rings (SSSR count). The smallest absolute Gasteiger partial charge is 0.115 e. The molecular weight excluding hydrogens is 224 g/mol. The second kappa shape index (κ2) is 5.40. The number of aliphatic hydroxyl groups excluding tert-OH is 1. The summed E-state index contributed by atoms with van der Waals surface area (Å²) in [5.74, 6) is 0.250. The second-order valence-corrected chi connectivity index (χ2v) is 5.04. The predicted molar refractivity (Wildman–Crippen MR) is 75.7 cm³/mol. The average Bonchev–Trinajstić information content (AvgIpc) is 2.27. The Morgan fingerprint density at radius 3 is 2.17 bits per heavy atom. The summed E-state index contributed by atoms with van der Waals surface area (Å²) < 4.78 is 0. The van der Waals surface area contributed by atoms with Crippen molar-refractivity contribution in [2.24, 2.45) is 0 Å². The summed E-state index contributed by atoms with van der Waals surface area (Å²) in [7, 11) is 0. The molecule has 0 fully saturated rings. The molecule has 1 aromatic carbocycles. The molecule has 0 amide bonds. The van der Waals surface area contributed by atoms with Crippen molar-refractivity contribution in [1.82, 2.24) is 0 Å². The first-order chi connectivity index (χ1) is 8.28. The van der Waals surface area contributed by atoms with Crippen LogP contribution < -0.4 is 0 Å². The first-order valence-corrected chi connectivity index (χ1v) is 6.11. The maximum atomic E-state index is 9.51. The third kappa shape index (κ3) is 2.82. The van der Waals surface area contributed by atoms with Gasteiger partial charge in [-0.2, -0.15) is 0 Å². The number of rotatable bonds is 4. The largest absolute Gasteiger partial charge is 0.508 e. The van der Waals surface area contributed by atoms with Gasteiger partial charge in [0.05, 0.1) is 6.10 Å². The molecule has 0 saturated heterocycles. The molecule has 0 aliphatic carbocycles. The minimum Gasteiger partial charge on any atom is -0.508 e. The molecule has 18 heavy (non-hydrogen) atoms. The van der Waals surface area contributed by atoms with Gasteiger partial charge in [0.1, 0.15) is 5.75 Å². The molecule has 2 unspecified atom stereocenters. The van der Waals surface area contributed by atoms with Gasteiger partial charge in [-0.15, -0.1) is 0 Å². The Balaban J connectivity index is 3.32. The normalized spacial score (nSPS) is 17.1. The zero-order chi connectivity index (χ0) is 13.9. The number of allylic oxidation sites excluding steroid dienone is 2. The van der Waals surface area contributed by atoms with E-state index in [9.17, 15) is 10.2 Å². The maximum Gasteiger partial charge on any atom is 0.115 e. The average molecular weight is 246 g/mol. The van der Waals surface area contributed by atoms with Gasteiger partial charge in [0, 0.05) is 5.41 Å². The van der Waals surface area contributed by atoms with E-state index in [-0.39, 0.29) is 11.2 Å². The van der Waals surface area contributed by atoms with Crippen LogP contribution >= 0.6 is 0 Å². The highest BCUT2D eigenvalue weighted by Crippen LogP contribution is 2.38. The van der Waals surface area contributed by atoms with Gasteiger partial charge in [-0.1, -0.05) is 35.9 Å². The van der Waals surface area contributed by atoms with E-state index in [1.807, 2.05) is 32.1 Å². The predicted octanol–water partition coefficient (Wildman–Crippen LogP) is 3.55. The number of hydrogen-bond donors (Lipinski definition) is 2. The fourth-order valence-electron chi connectivity index (χ4n) is 2.13. The van der Waals surface area contributed by atoms with Crippen molar-refractivity contribution in [2.75, 3.05) is 0 Å². The minimum atomic E-state index is -0.485. The van der Waals surface area contributed by atoms with Gasteiger partial charge >= 0.3 is 0 Å². The van der Waals surface area contributed by atoms with Gasteiger partial charge in [-0.05, 0) is 45.4 Å². The molecule has 0 spiro atoms. The highest BCUT2D eigenvalue weighted by atomic mass is 16.3. The zero-order valence-corrected chi connectivity index (χ0v) is 11.6. The van der Waals surface area contributed by atoms with Crippen LogP contribution in [0.1, 0.15) is 33.3 Å². The van der Waals surface area contributed by atoms with Crippen molar-refractivity contribution >= 4 is 0 Å². The molecule has 0 aliphatic heterocycles. The van der Waals surface area contributed by atoms with Crippen LogP contribution in [0.2, 0.25) is 0 Å². The van der Waals surface area contributed by atoms with Crippen LogP contribution in [0, 0.1) is 0 Å². The standard InChI is InChI=1S/C16H22O2/c1-11(2)16(5,12(3)10-13(4)17)14-6-8-15(18)9-7-14/h6-10,13,17-18H,1H2,2-5H3/b12-10+. The Kier molecular flexibility index (Phi) is 4.36. The molecule has 2 nitrogen and oxygen atoms in total. The maximum absolute atomic E-state index is 9.51. The van der Waals surface area contributed by atoms with Crippen LogP contribution in [0.15, 0.2) is 48.1 Å². The zero-order valence-electron chi connectivity index (χ0n) is 11.6. The number of hydrogen-bond acceptors (Lipinski definition) is 2. The Hall–Kier alpha value is -1.54. The molecule has 2 heteroatoms. The quantitative estimate of drug-likeness (QED) is 0.798. The third-order valence-corrected chi connectivity index (χ3v) is 3.58. The monoisotopic (exact) mass is 246 g/mol. The van der Waals surface area contributed by atoms with E-state index in [0.29, 0.717) is 0 Å². The van der Waals surface area contributed by atoms with Crippen LogP contribution in [0.3, 0.4) is 0 Å². The lowest BCUT2D eigenvalue weighted by atomic mass is 9.71. The molecular formula is C16H22O2. The molecule has 2 N–H and O–H groups in total. The number of benzene rings is 1. The summed E-state index contributed by atoms with van der Waals surface area (Å²) in [6.07, 6.45) is 1.35. The Morgan fingerprint density at radius 1 is 1.28 bits per heavy atom. The van der Waals surface area contributed by atoms with E-state index in [4.69, 9.17) is 0 Å². The Labute approximate surface area is 109 Å². The van der Waals surface area contributed by atoms with Crippen molar-refractivity contribution in [3.63, 3.8) is 0 Å². The lowest BCUT2D eigenvalue weighted by Crippen LogP contribution is -2.25. The first-order valence-electron chi connectivity index (χ1n) is 6.11. The summed E-state index contributed by atoms with van der Waals surface area (Å²) in [5.41, 5.74) is 2.78. The number of phenolic OH excluding ortho intramolecular Hbond substituents is 1. The van der Waals surface area contributed by atoms with Crippen LogP contribution in [-0.2, 0) is 5.41 Å². The van der Waals surface area contributed by atoms with E-state index < -0.39 is 6.10 Å². The molecule has 1 aromatic rings. The molecule has 0 radical (unpaired) electrons. The lowest BCUT2D eigenvalue weighted by molar-refractivity contribution is 0.242. The topological polar surface area (TPSA) is 40.5 Å². The molecule has 98 valence electrons. The minimum absolute atomic E-state index is 0.250. The van der Waals surface area contributed by atoms with E-state index in [1.165, 1.54) is 0 Å². The van der Waals surface area contributed by atoms with Crippen molar-refractivity contribution < 1.29 is 10.2 Å². The Bertz CT molecular complexity index is 454. The fraction of sp³-hybridized carbons (Fsp3) is 0.375. The molecule has 0 aromatic heterocycles. The van der Waals surface area contributed by atoms with Crippen molar-refractivity contribution in [2.45, 2.75) is 39.2 Å². The summed E-state index contributed by atoms with van der Waals surface area (Å²) >= 11 is 0. The fourth-order valence-corrected chi connectivity index (χ4v) is 2.13. The van der Waals surface area contributed by atoms with Gasteiger partial charge < -0.3 is 10.2 Å².